The number of thioether (sulfide) groups is 1. The minimum absolute atomic E-state index is 0.0867. The average molecular weight is 289 g/mol. The Morgan fingerprint density at radius 2 is 2.25 bits per heavy atom. The summed E-state index contributed by atoms with van der Waals surface area (Å²) in [7, 11) is 1.77. The van der Waals surface area contributed by atoms with Gasteiger partial charge in [-0.05, 0) is 44.1 Å². The number of hydrogen-bond acceptors (Lipinski definition) is 4. The molecule has 1 aromatic carbocycles. The minimum Gasteiger partial charge on any atom is -0.317 e. The molecule has 0 aromatic heterocycles. The van der Waals surface area contributed by atoms with Crippen molar-refractivity contribution < 1.29 is 4.79 Å². The van der Waals surface area contributed by atoms with Crippen LogP contribution in [0.4, 0.5) is 5.69 Å². The summed E-state index contributed by atoms with van der Waals surface area (Å²) in [5.74, 6) is 0.585. The Morgan fingerprint density at radius 3 is 2.95 bits per heavy atom. The molecular weight excluding hydrogens is 270 g/mol. The monoisotopic (exact) mass is 289 g/mol. The van der Waals surface area contributed by atoms with Crippen LogP contribution in [0.25, 0.3) is 0 Å². The van der Waals surface area contributed by atoms with Crippen LogP contribution >= 0.6 is 11.8 Å². The lowest BCUT2D eigenvalue weighted by molar-refractivity contribution is -0.115. The Bertz CT molecular complexity index is 506. The van der Waals surface area contributed by atoms with Crippen LogP contribution in [0.5, 0.6) is 0 Å². The normalized spacial score (nSPS) is 15.6. The van der Waals surface area contributed by atoms with Crippen molar-refractivity contribution in [3.05, 3.63) is 29.8 Å². The fraction of sp³-hybridized carbons (Fsp3) is 0.467. The predicted octanol–water partition coefficient (Wildman–Crippen LogP) is 2.01. The number of carbonyl (C=O) groups excluding carboxylic acids is 1. The Labute approximate surface area is 124 Å². The number of nitrogens with zero attached hydrogens (tertiary/aromatic N) is 2. The van der Waals surface area contributed by atoms with E-state index in [9.17, 15) is 4.79 Å². The molecule has 1 amide bonds. The first kappa shape index (κ1) is 14.9. The summed E-state index contributed by atoms with van der Waals surface area (Å²) in [6, 6.07) is 9.24. The number of piperidine rings is 1. The molecule has 1 heterocycles. The Balaban J connectivity index is 1.89. The van der Waals surface area contributed by atoms with Gasteiger partial charge in [-0.3, -0.25) is 4.79 Å². The quantitative estimate of drug-likeness (QED) is 0.921. The highest BCUT2D eigenvalue weighted by Gasteiger charge is 2.17. The zero-order valence-electron chi connectivity index (χ0n) is 11.6. The lowest BCUT2D eigenvalue weighted by Crippen LogP contribution is -2.32. The average Bonchev–Trinajstić information content (AvgIpc) is 2.53. The molecule has 1 aliphatic heterocycles. The van der Waals surface area contributed by atoms with E-state index in [4.69, 9.17) is 5.26 Å². The van der Waals surface area contributed by atoms with Gasteiger partial charge in [-0.2, -0.15) is 5.26 Å². The van der Waals surface area contributed by atoms with E-state index in [1.54, 1.807) is 41.9 Å². The SMILES string of the molecule is CN(C(=O)CSC1CCNCC1)c1cccc(C#N)c1. The predicted molar refractivity (Wildman–Crippen MR) is 82.9 cm³/mol. The molecule has 20 heavy (non-hydrogen) atoms. The molecule has 106 valence electrons. The second-order valence-corrected chi connectivity index (χ2v) is 6.16. The van der Waals surface area contributed by atoms with E-state index in [0.717, 1.165) is 31.6 Å². The number of hydrogen-bond donors (Lipinski definition) is 1. The van der Waals surface area contributed by atoms with Crippen molar-refractivity contribution in [2.45, 2.75) is 18.1 Å². The van der Waals surface area contributed by atoms with Gasteiger partial charge in [-0.15, -0.1) is 11.8 Å². The van der Waals surface area contributed by atoms with Crippen molar-refractivity contribution in [1.29, 1.82) is 5.26 Å². The summed E-state index contributed by atoms with van der Waals surface area (Å²) in [6.07, 6.45) is 2.26. The van der Waals surface area contributed by atoms with Gasteiger partial charge in [0.1, 0.15) is 0 Å². The third-order valence-electron chi connectivity index (χ3n) is 3.47. The van der Waals surface area contributed by atoms with Gasteiger partial charge >= 0.3 is 0 Å². The molecule has 0 bridgehead atoms. The number of nitriles is 1. The maximum absolute atomic E-state index is 12.2. The minimum atomic E-state index is 0.0867. The maximum Gasteiger partial charge on any atom is 0.236 e. The van der Waals surface area contributed by atoms with Crippen LogP contribution in [0.15, 0.2) is 24.3 Å². The van der Waals surface area contributed by atoms with Gasteiger partial charge < -0.3 is 10.2 Å². The smallest absolute Gasteiger partial charge is 0.236 e. The van der Waals surface area contributed by atoms with E-state index < -0.39 is 0 Å². The van der Waals surface area contributed by atoms with Gasteiger partial charge in [0.15, 0.2) is 0 Å². The first-order valence-electron chi connectivity index (χ1n) is 6.80. The van der Waals surface area contributed by atoms with E-state index in [2.05, 4.69) is 11.4 Å². The van der Waals surface area contributed by atoms with Crippen LogP contribution < -0.4 is 10.2 Å². The van der Waals surface area contributed by atoms with Gasteiger partial charge in [0.25, 0.3) is 0 Å². The lowest BCUT2D eigenvalue weighted by Gasteiger charge is -2.23. The molecule has 4 nitrogen and oxygen atoms in total. The highest BCUT2D eigenvalue weighted by molar-refractivity contribution is 8.00. The van der Waals surface area contributed by atoms with Gasteiger partial charge in [0.05, 0.1) is 17.4 Å². The molecule has 5 heteroatoms. The fourth-order valence-corrected chi connectivity index (χ4v) is 3.32. The van der Waals surface area contributed by atoms with E-state index in [1.165, 1.54) is 0 Å². The highest BCUT2D eigenvalue weighted by atomic mass is 32.2. The second-order valence-electron chi connectivity index (χ2n) is 4.88. The number of carbonyl (C=O) groups is 1. The molecule has 0 aliphatic carbocycles. The van der Waals surface area contributed by atoms with Gasteiger partial charge in [0.2, 0.25) is 5.91 Å². The van der Waals surface area contributed by atoms with Gasteiger partial charge in [-0.25, -0.2) is 0 Å². The van der Waals surface area contributed by atoms with Crippen molar-refractivity contribution in [1.82, 2.24) is 5.32 Å². The third-order valence-corrected chi connectivity index (χ3v) is 4.82. The molecule has 1 fully saturated rings. The van der Waals surface area contributed by atoms with Crippen LogP contribution in [0, 0.1) is 11.3 Å². The summed E-state index contributed by atoms with van der Waals surface area (Å²) in [5.41, 5.74) is 1.35. The first-order chi connectivity index (χ1) is 9.70. The first-order valence-corrected chi connectivity index (χ1v) is 7.84. The molecule has 0 atom stereocenters. The zero-order chi connectivity index (χ0) is 14.4. The Hall–Kier alpha value is -1.51. The largest absolute Gasteiger partial charge is 0.317 e. The van der Waals surface area contributed by atoms with E-state index in [0.29, 0.717) is 16.6 Å². The maximum atomic E-state index is 12.2. The van der Waals surface area contributed by atoms with E-state index in [1.807, 2.05) is 6.07 Å². The number of rotatable bonds is 4. The molecule has 0 saturated carbocycles. The molecule has 0 unspecified atom stereocenters. The second kappa shape index (κ2) is 7.32. The summed E-state index contributed by atoms with van der Waals surface area (Å²) in [5, 5.41) is 12.8. The highest BCUT2D eigenvalue weighted by Crippen LogP contribution is 2.22. The number of benzene rings is 1. The summed E-state index contributed by atoms with van der Waals surface area (Å²) in [6.45, 7) is 2.10. The van der Waals surface area contributed by atoms with Crippen molar-refractivity contribution in [3.63, 3.8) is 0 Å². The molecule has 0 radical (unpaired) electrons. The summed E-state index contributed by atoms with van der Waals surface area (Å²) >= 11 is 1.74. The van der Waals surface area contributed by atoms with Crippen LogP contribution in [-0.2, 0) is 4.79 Å². The topological polar surface area (TPSA) is 56.1 Å². The Kier molecular flexibility index (Phi) is 5.45. The molecule has 0 spiro atoms. The Morgan fingerprint density at radius 1 is 1.50 bits per heavy atom. The van der Waals surface area contributed by atoms with Crippen LogP contribution in [0.3, 0.4) is 0 Å². The summed E-state index contributed by atoms with van der Waals surface area (Å²) < 4.78 is 0. The molecule has 1 aliphatic rings. The molecule has 1 saturated heterocycles. The molecule has 1 aromatic rings. The fourth-order valence-electron chi connectivity index (χ4n) is 2.18. The number of anilines is 1. The third kappa shape index (κ3) is 3.99. The molecular formula is C15H19N3OS. The summed E-state index contributed by atoms with van der Waals surface area (Å²) in [4.78, 5) is 13.8. The standard InChI is InChI=1S/C15H19N3OS/c1-18(13-4-2-3-12(9-13)10-16)15(19)11-20-14-5-7-17-8-6-14/h2-4,9,14,17H,5-8,11H2,1H3. The molecule has 1 N–H and O–H groups in total. The lowest BCUT2D eigenvalue weighted by atomic mass is 10.2. The van der Waals surface area contributed by atoms with Crippen LogP contribution in [0.1, 0.15) is 18.4 Å². The van der Waals surface area contributed by atoms with Gasteiger partial charge in [-0.1, -0.05) is 6.07 Å². The van der Waals surface area contributed by atoms with Crippen LogP contribution in [-0.4, -0.2) is 37.0 Å². The van der Waals surface area contributed by atoms with Crippen molar-refractivity contribution >= 4 is 23.4 Å². The van der Waals surface area contributed by atoms with Crippen molar-refractivity contribution in [2.24, 2.45) is 0 Å². The van der Waals surface area contributed by atoms with Gasteiger partial charge in [0, 0.05) is 18.0 Å². The molecule has 2 rings (SSSR count). The zero-order valence-corrected chi connectivity index (χ0v) is 12.4. The number of amides is 1. The van der Waals surface area contributed by atoms with Crippen molar-refractivity contribution in [2.75, 3.05) is 30.8 Å². The van der Waals surface area contributed by atoms with E-state index in [-0.39, 0.29) is 5.91 Å². The number of nitrogens with one attached hydrogen (secondary N) is 1. The van der Waals surface area contributed by atoms with Crippen LogP contribution in [0.2, 0.25) is 0 Å². The van der Waals surface area contributed by atoms with Crippen molar-refractivity contribution in [3.8, 4) is 6.07 Å². The van der Waals surface area contributed by atoms with E-state index >= 15 is 0 Å².